The van der Waals surface area contributed by atoms with E-state index in [4.69, 9.17) is 10.8 Å². The summed E-state index contributed by atoms with van der Waals surface area (Å²) >= 11 is 0. The number of allylic oxidation sites excluding steroid dienone is 1. The van der Waals surface area contributed by atoms with Gasteiger partial charge >= 0.3 is 16.8 Å². The second-order valence-electron chi connectivity index (χ2n) is 1.40. The Morgan fingerprint density at radius 2 is 2.00 bits per heavy atom. The molecule has 0 fully saturated rings. The Hall–Kier alpha value is -0.744. The van der Waals surface area contributed by atoms with Crippen molar-refractivity contribution in [2.45, 2.75) is 0 Å². The van der Waals surface area contributed by atoms with Crippen LogP contribution in [0.3, 0.4) is 0 Å². The first-order valence-corrected chi connectivity index (χ1v) is 2.19. The molecular formula is C5H5CoN3+2. The molecule has 0 unspecified atom stereocenters. The van der Waals surface area contributed by atoms with Crippen molar-refractivity contribution in [3.05, 3.63) is 12.2 Å². The van der Waals surface area contributed by atoms with E-state index < -0.39 is 0 Å². The van der Waals surface area contributed by atoms with Gasteiger partial charge in [-0.2, -0.15) is 0 Å². The molecular weight excluding hydrogens is 161 g/mol. The number of dihydropyridines is 1. The third-order valence-electron chi connectivity index (χ3n) is 0.808. The van der Waals surface area contributed by atoms with Crippen molar-refractivity contribution in [2.75, 3.05) is 0 Å². The van der Waals surface area contributed by atoms with Crippen LogP contribution in [0.15, 0.2) is 17.1 Å². The van der Waals surface area contributed by atoms with E-state index in [0.29, 0.717) is 0 Å². The Morgan fingerprint density at radius 1 is 1.33 bits per heavy atom. The zero-order chi connectivity index (χ0) is 5.98. The van der Waals surface area contributed by atoms with Gasteiger partial charge in [-0.15, -0.1) is 0 Å². The van der Waals surface area contributed by atoms with Crippen LogP contribution in [-0.4, -0.2) is 17.8 Å². The fraction of sp³-hybridized carbons (Fsp3) is 0. The molecule has 0 amide bonds. The van der Waals surface area contributed by atoms with Crippen LogP contribution in [0.25, 0.3) is 0 Å². The fourth-order valence-electron chi connectivity index (χ4n) is 0.405. The van der Waals surface area contributed by atoms with E-state index >= 15 is 0 Å². The zero-order valence-electron chi connectivity index (χ0n) is 4.51. The predicted molar refractivity (Wildman–Crippen MR) is 33.1 cm³/mol. The van der Waals surface area contributed by atoms with Gasteiger partial charge in [0.05, 0.1) is 5.71 Å². The number of hydrogen-bond acceptors (Lipinski definition) is 2. The van der Waals surface area contributed by atoms with Gasteiger partial charge in [0, 0.05) is 6.21 Å². The predicted octanol–water partition coefficient (Wildman–Crippen LogP) is 0.622. The largest absolute Gasteiger partial charge is 2.00 e. The van der Waals surface area contributed by atoms with Crippen LogP contribution in [0, 0.1) is 10.8 Å². The van der Waals surface area contributed by atoms with Crippen LogP contribution in [0.1, 0.15) is 0 Å². The van der Waals surface area contributed by atoms with Gasteiger partial charge < -0.3 is 0 Å². The molecule has 1 heterocycles. The Morgan fingerprint density at radius 3 is 2.33 bits per heavy atom. The minimum atomic E-state index is 0. The summed E-state index contributed by atoms with van der Waals surface area (Å²) in [5.74, 6) is 0.0347. The molecule has 1 aliphatic heterocycles. The van der Waals surface area contributed by atoms with E-state index in [2.05, 4.69) is 4.99 Å². The van der Waals surface area contributed by atoms with Crippen molar-refractivity contribution < 1.29 is 16.8 Å². The first-order chi connectivity index (χ1) is 3.80. The van der Waals surface area contributed by atoms with E-state index in [-0.39, 0.29) is 28.3 Å². The molecule has 3 nitrogen and oxygen atoms in total. The van der Waals surface area contributed by atoms with Gasteiger partial charge in [0.15, 0.2) is 5.84 Å². The first-order valence-electron chi connectivity index (χ1n) is 2.19. The van der Waals surface area contributed by atoms with Crippen molar-refractivity contribution >= 4 is 17.8 Å². The minimum Gasteiger partial charge on any atom is -0.297 e. The van der Waals surface area contributed by atoms with Crippen molar-refractivity contribution in [3.8, 4) is 0 Å². The fourth-order valence-corrected chi connectivity index (χ4v) is 0.405. The van der Waals surface area contributed by atoms with Gasteiger partial charge in [0.25, 0.3) is 0 Å². The van der Waals surface area contributed by atoms with Gasteiger partial charge in [0.2, 0.25) is 0 Å². The first kappa shape index (κ1) is 8.26. The van der Waals surface area contributed by atoms with Crippen molar-refractivity contribution in [3.63, 3.8) is 0 Å². The standard InChI is InChI=1S/C5H5N3.Co/c6-4-2-1-3-8-5(4)7;/h1-3,6-7H;/q;+2. The molecule has 1 rings (SSSR count). The normalized spacial score (nSPS) is 15.6. The molecule has 0 saturated heterocycles. The van der Waals surface area contributed by atoms with Gasteiger partial charge in [-0.3, -0.25) is 10.8 Å². The number of rotatable bonds is 0. The topological polar surface area (TPSA) is 60.1 Å². The molecule has 0 atom stereocenters. The van der Waals surface area contributed by atoms with Crippen LogP contribution >= 0.6 is 0 Å². The minimum absolute atomic E-state index is 0. The summed E-state index contributed by atoms with van der Waals surface area (Å²) in [4.78, 5) is 3.56. The molecule has 4 heteroatoms. The Bertz CT molecular complexity index is 170. The van der Waals surface area contributed by atoms with E-state index in [0.717, 1.165) is 0 Å². The molecule has 0 aromatic rings. The third-order valence-corrected chi connectivity index (χ3v) is 0.808. The van der Waals surface area contributed by atoms with Crippen LogP contribution < -0.4 is 0 Å². The molecule has 0 aromatic carbocycles. The molecule has 0 aliphatic carbocycles. The number of hydrogen-bond donors (Lipinski definition) is 2. The quantitative estimate of drug-likeness (QED) is 0.530. The average Bonchev–Trinajstić information content (AvgIpc) is 1.77. The number of nitrogens with one attached hydrogen (secondary N) is 2. The van der Waals surface area contributed by atoms with E-state index in [1.165, 1.54) is 12.3 Å². The average molecular weight is 166 g/mol. The summed E-state index contributed by atoms with van der Waals surface area (Å²) in [6, 6.07) is 0. The maximum atomic E-state index is 6.97. The van der Waals surface area contributed by atoms with Crippen molar-refractivity contribution in [1.29, 1.82) is 10.8 Å². The molecule has 47 valence electrons. The maximum Gasteiger partial charge on any atom is 2.00 e. The van der Waals surface area contributed by atoms with Crippen LogP contribution in [0.4, 0.5) is 0 Å². The van der Waals surface area contributed by atoms with Crippen LogP contribution in [0.5, 0.6) is 0 Å². The zero-order valence-corrected chi connectivity index (χ0v) is 5.55. The van der Waals surface area contributed by atoms with Gasteiger partial charge in [-0.05, 0) is 12.2 Å². The molecule has 0 aromatic heterocycles. The molecule has 1 radical (unpaired) electrons. The molecule has 0 bridgehead atoms. The molecule has 0 spiro atoms. The van der Waals surface area contributed by atoms with Gasteiger partial charge in [-0.25, -0.2) is 4.99 Å². The smallest absolute Gasteiger partial charge is 0.297 e. The Labute approximate surface area is 63.1 Å². The number of nitrogens with zero attached hydrogens (tertiary/aromatic N) is 1. The molecule has 2 N–H and O–H groups in total. The summed E-state index contributed by atoms with van der Waals surface area (Å²) in [6.07, 6.45) is 4.68. The molecule has 0 saturated carbocycles. The van der Waals surface area contributed by atoms with Crippen LogP contribution in [-0.2, 0) is 16.8 Å². The maximum absolute atomic E-state index is 6.97. The second kappa shape index (κ2) is 3.32. The SMILES string of the molecule is N=C1C=CC=NC1=N.[Co+2]. The van der Waals surface area contributed by atoms with Gasteiger partial charge in [0.1, 0.15) is 0 Å². The van der Waals surface area contributed by atoms with Crippen molar-refractivity contribution in [2.24, 2.45) is 4.99 Å². The van der Waals surface area contributed by atoms with Crippen molar-refractivity contribution in [1.82, 2.24) is 0 Å². The summed E-state index contributed by atoms with van der Waals surface area (Å²) in [5.41, 5.74) is 0.174. The Kier molecular flexibility index (Phi) is 3.04. The monoisotopic (exact) mass is 166 g/mol. The molecule has 9 heavy (non-hydrogen) atoms. The van der Waals surface area contributed by atoms with Crippen LogP contribution in [0.2, 0.25) is 0 Å². The summed E-state index contributed by atoms with van der Waals surface area (Å²) in [6.45, 7) is 0. The van der Waals surface area contributed by atoms with E-state index in [1.54, 1.807) is 6.08 Å². The number of aliphatic imine (C=N–C) groups is 1. The van der Waals surface area contributed by atoms with E-state index in [9.17, 15) is 0 Å². The van der Waals surface area contributed by atoms with E-state index in [1.807, 2.05) is 0 Å². The van der Waals surface area contributed by atoms with Gasteiger partial charge in [-0.1, -0.05) is 0 Å². The third kappa shape index (κ3) is 1.91. The second-order valence-corrected chi connectivity index (χ2v) is 1.40. The Balaban J connectivity index is 0.000000640. The molecule has 1 aliphatic rings. The summed E-state index contributed by atoms with van der Waals surface area (Å²) in [7, 11) is 0. The number of amidine groups is 1. The summed E-state index contributed by atoms with van der Waals surface area (Å²) in [5, 5.41) is 13.9. The summed E-state index contributed by atoms with van der Waals surface area (Å²) < 4.78 is 0.